The summed E-state index contributed by atoms with van der Waals surface area (Å²) in [5, 5.41) is 12.1. The molecule has 0 aliphatic rings. The fraction of sp³-hybridized carbons (Fsp3) is 0.250. The molecule has 5 nitrogen and oxygen atoms in total. The average Bonchev–Trinajstić information content (AvgIpc) is 2.50. The molecule has 1 heterocycles. The molecule has 2 aromatic rings. The van der Waals surface area contributed by atoms with Crippen LogP contribution in [-0.4, -0.2) is 18.2 Å². The molecule has 0 atom stereocenters. The van der Waals surface area contributed by atoms with Gasteiger partial charge in [0.05, 0.1) is 18.9 Å². The molecule has 1 aromatic heterocycles. The van der Waals surface area contributed by atoms with Gasteiger partial charge in [0.1, 0.15) is 29.1 Å². The summed E-state index contributed by atoms with van der Waals surface area (Å²) in [5.74, 6) is 2.05. The standard InChI is InChI=1S/C16H17N3O2/c1-3-20-13-8-9-15(21-4-2)14(10-13)19-16-7-5-6-12(11-17)18-16/h5-10H,3-4H2,1-2H3,(H,18,19). The Morgan fingerprint density at radius 3 is 2.67 bits per heavy atom. The highest BCUT2D eigenvalue weighted by atomic mass is 16.5. The third-order valence-electron chi connectivity index (χ3n) is 2.69. The predicted octanol–water partition coefficient (Wildman–Crippen LogP) is 3.49. The van der Waals surface area contributed by atoms with Crippen LogP contribution < -0.4 is 14.8 Å². The quantitative estimate of drug-likeness (QED) is 0.879. The zero-order valence-corrected chi connectivity index (χ0v) is 12.1. The van der Waals surface area contributed by atoms with Gasteiger partial charge >= 0.3 is 0 Å². The summed E-state index contributed by atoms with van der Waals surface area (Å²) in [4.78, 5) is 4.19. The van der Waals surface area contributed by atoms with E-state index in [1.54, 1.807) is 18.2 Å². The van der Waals surface area contributed by atoms with Crippen LogP contribution in [0, 0.1) is 11.3 Å². The monoisotopic (exact) mass is 283 g/mol. The summed E-state index contributed by atoms with van der Waals surface area (Å²) < 4.78 is 11.1. The predicted molar refractivity (Wildman–Crippen MR) is 81.0 cm³/mol. The molecule has 108 valence electrons. The molecule has 5 heteroatoms. The first kappa shape index (κ1) is 14.7. The third-order valence-corrected chi connectivity index (χ3v) is 2.69. The minimum absolute atomic E-state index is 0.360. The van der Waals surface area contributed by atoms with Crippen molar-refractivity contribution in [3.8, 4) is 17.6 Å². The zero-order valence-electron chi connectivity index (χ0n) is 12.1. The van der Waals surface area contributed by atoms with Gasteiger partial charge in [0.2, 0.25) is 0 Å². The molecule has 2 rings (SSSR count). The lowest BCUT2D eigenvalue weighted by Gasteiger charge is -2.14. The Labute approximate surface area is 124 Å². The molecule has 0 saturated carbocycles. The van der Waals surface area contributed by atoms with Gasteiger partial charge in [0.15, 0.2) is 0 Å². The lowest BCUT2D eigenvalue weighted by molar-refractivity contribution is 0.332. The summed E-state index contributed by atoms with van der Waals surface area (Å²) in [5.41, 5.74) is 1.12. The van der Waals surface area contributed by atoms with Crippen LogP contribution in [0.1, 0.15) is 19.5 Å². The first-order chi connectivity index (χ1) is 10.3. The van der Waals surface area contributed by atoms with Gasteiger partial charge in [-0.25, -0.2) is 4.98 Å². The molecule has 0 aliphatic carbocycles. The number of anilines is 2. The topological polar surface area (TPSA) is 67.2 Å². The third kappa shape index (κ3) is 3.86. The molecule has 0 amide bonds. The fourth-order valence-corrected chi connectivity index (χ4v) is 1.85. The number of hydrogen-bond donors (Lipinski definition) is 1. The van der Waals surface area contributed by atoms with E-state index >= 15 is 0 Å². The van der Waals surface area contributed by atoms with E-state index in [0.29, 0.717) is 30.5 Å². The van der Waals surface area contributed by atoms with Crippen molar-refractivity contribution in [1.82, 2.24) is 4.98 Å². The van der Waals surface area contributed by atoms with Crippen LogP contribution in [0.2, 0.25) is 0 Å². The number of nitrogens with one attached hydrogen (secondary N) is 1. The maximum atomic E-state index is 8.90. The number of benzene rings is 1. The Balaban J connectivity index is 2.31. The van der Waals surface area contributed by atoms with Crippen molar-refractivity contribution in [1.29, 1.82) is 5.26 Å². The molecular weight excluding hydrogens is 266 g/mol. The van der Waals surface area contributed by atoms with E-state index in [-0.39, 0.29) is 0 Å². The van der Waals surface area contributed by atoms with E-state index in [0.717, 1.165) is 11.4 Å². The molecule has 1 N–H and O–H groups in total. The Bertz CT molecular complexity index is 650. The highest BCUT2D eigenvalue weighted by Gasteiger charge is 2.07. The van der Waals surface area contributed by atoms with Crippen LogP contribution in [0.15, 0.2) is 36.4 Å². The van der Waals surface area contributed by atoms with Crippen molar-refractivity contribution >= 4 is 11.5 Å². The van der Waals surface area contributed by atoms with Crippen LogP contribution in [-0.2, 0) is 0 Å². The Morgan fingerprint density at radius 2 is 1.95 bits per heavy atom. The second kappa shape index (κ2) is 7.15. The van der Waals surface area contributed by atoms with Gasteiger partial charge in [-0.15, -0.1) is 0 Å². The van der Waals surface area contributed by atoms with Crippen molar-refractivity contribution < 1.29 is 9.47 Å². The van der Waals surface area contributed by atoms with Crippen molar-refractivity contribution in [3.05, 3.63) is 42.1 Å². The van der Waals surface area contributed by atoms with Crippen molar-refractivity contribution in [2.24, 2.45) is 0 Å². The number of pyridine rings is 1. The normalized spacial score (nSPS) is 9.76. The fourth-order valence-electron chi connectivity index (χ4n) is 1.85. The lowest BCUT2D eigenvalue weighted by Crippen LogP contribution is -2.01. The van der Waals surface area contributed by atoms with Crippen LogP contribution in [0.4, 0.5) is 11.5 Å². The molecule has 0 fully saturated rings. The van der Waals surface area contributed by atoms with Crippen LogP contribution in [0.3, 0.4) is 0 Å². The molecule has 0 saturated heterocycles. The number of hydrogen-bond acceptors (Lipinski definition) is 5. The highest BCUT2D eigenvalue weighted by molar-refractivity contribution is 5.66. The maximum Gasteiger partial charge on any atom is 0.143 e. The summed E-state index contributed by atoms with van der Waals surface area (Å²) in [6.45, 7) is 5.01. The number of aromatic nitrogens is 1. The van der Waals surface area contributed by atoms with Gasteiger partial charge in [-0.05, 0) is 38.1 Å². The number of ether oxygens (including phenoxy) is 2. The Hall–Kier alpha value is -2.74. The second-order valence-corrected chi connectivity index (χ2v) is 4.17. The van der Waals surface area contributed by atoms with Crippen molar-refractivity contribution in [2.45, 2.75) is 13.8 Å². The molecule has 1 aromatic carbocycles. The van der Waals surface area contributed by atoms with Crippen LogP contribution in [0.25, 0.3) is 0 Å². The minimum Gasteiger partial charge on any atom is -0.494 e. The second-order valence-electron chi connectivity index (χ2n) is 4.17. The minimum atomic E-state index is 0.360. The van der Waals surface area contributed by atoms with Crippen LogP contribution in [0.5, 0.6) is 11.5 Å². The smallest absolute Gasteiger partial charge is 0.143 e. The van der Waals surface area contributed by atoms with Crippen LogP contribution >= 0.6 is 0 Å². The van der Waals surface area contributed by atoms with E-state index in [1.165, 1.54) is 0 Å². The van der Waals surface area contributed by atoms with Gasteiger partial charge in [0.25, 0.3) is 0 Å². The summed E-state index contributed by atoms with van der Waals surface area (Å²) in [6, 6.07) is 12.8. The lowest BCUT2D eigenvalue weighted by atomic mass is 10.2. The maximum absolute atomic E-state index is 8.90. The number of rotatable bonds is 6. The van der Waals surface area contributed by atoms with Gasteiger partial charge in [0, 0.05) is 6.07 Å². The van der Waals surface area contributed by atoms with E-state index < -0.39 is 0 Å². The van der Waals surface area contributed by atoms with Gasteiger partial charge < -0.3 is 14.8 Å². The molecule has 0 radical (unpaired) electrons. The molecule has 0 unspecified atom stereocenters. The van der Waals surface area contributed by atoms with Crippen molar-refractivity contribution in [2.75, 3.05) is 18.5 Å². The highest BCUT2D eigenvalue weighted by Crippen LogP contribution is 2.31. The first-order valence-corrected chi connectivity index (χ1v) is 6.80. The Kier molecular flexibility index (Phi) is 4.99. The average molecular weight is 283 g/mol. The van der Waals surface area contributed by atoms with Crippen molar-refractivity contribution in [3.63, 3.8) is 0 Å². The van der Waals surface area contributed by atoms with Gasteiger partial charge in [-0.2, -0.15) is 5.26 Å². The van der Waals surface area contributed by atoms with E-state index in [1.807, 2.05) is 38.1 Å². The zero-order chi connectivity index (χ0) is 15.1. The number of nitrogens with zero attached hydrogens (tertiary/aromatic N) is 2. The molecule has 0 aliphatic heterocycles. The van der Waals surface area contributed by atoms with E-state index in [4.69, 9.17) is 14.7 Å². The summed E-state index contributed by atoms with van der Waals surface area (Å²) >= 11 is 0. The molecular formula is C16H17N3O2. The summed E-state index contributed by atoms with van der Waals surface area (Å²) in [7, 11) is 0. The number of nitriles is 1. The van der Waals surface area contributed by atoms with E-state index in [9.17, 15) is 0 Å². The van der Waals surface area contributed by atoms with E-state index in [2.05, 4.69) is 10.3 Å². The van der Waals surface area contributed by atoms with Gasteiger partial charge in [-0.3, -0.25) is 0 Å². The first-order valence-electron chi connectivity index (χ1n) is 6.80. The largest absolute Gasteiger partial charge is 0.494 e. The molecule has 21 heavy (non-hydrogen) atoms. The van der Waals surface area contributed by atoms with Gasteiger partial charge in [-0.1, -0.05) is 6.07 Å². The molecule has 0 spiro atoms. The Morgan fingerprint density at radius 1 is 1.14 bits per heavy atom. The SMILES string of the molecule is CCOc1ccc(OCC)c(Nc2cccc(C#N)n2)c1. The summed E-state index contributed by atoms with van der Waals surface area (Å²) in [6.07, 6.45) is 0. The molecule has 0 bridgehead atoms.